The third-order valence-electron chi connectivity index (χ3n) is 6.94. The normalized spacial score (nSPS) is 17.8. The lowest BCUT2D eigenvalue weighted by Crippen LogP contribution is -2.42. The van der Waals surface area contributed by atoms with Crippen molar-refractivity contribution >= 4 is 17.6 Å². The topological polar surface area (TPSA) is 92.4 Å². The summed E-state index contributed by atoms with van der Waals surface area (Å²) in [4.78, 5) is 29.5. The Balaban J connectivity index is 1.40. The quantitative estimate of drug-likeness (QED) is 0.538. The van der Waals surface area contributed by atoms with Crippen LogP contribution in [0.5, 0.6) is 17.2 Å². The van der Waals surface area contributed by atoms with Gasteiger partial charge in [-0.15, -0.1) is 0 Å². The van der Waals surface area contributed by atoms with Gasteiger partial charge in [0.2, 0.25) is 11.7 Å². The molecule has 0 radical (unpaired) electrons. The number of carbonyl (C=O) groups is 2. The van der Waals surface area contributed by atoms with Crippen LogP contribution in [0.1, 0.15) is 45.4 Å². The zero-order chi connectivity index (χ0) is 24.5. The summed E-state index contributed by atoms with van der Waals surface area (Å²) < 4.78 is 16.0. The van der Waals surface area contributed by atoms with Crippen molar-refractivity contribution in [2.24, 2.45) is 5.92 Å². The largest absolute Gasteiger partial charge is 0.493 e. The van der Waals surface area contributed by atoms with Gasteiger partial charge in [0.25, 0.3) is 0 Å². The molecule has 1 aromatic rings. The third kappa shape index (κ3) is 6.91. The van der Waals surface area contributed by atoms with Crippen LogP contribution >= 0.6 is 0 Å². The number of hydrogen-bond acceptors (Lipinski definition) is 6. The van der Waals surface area contributed by atoms with Crippen LogP contribution in [0.25, 0.3) is 0 Å². The molecule has 9 nitrogen and oxygen atoms in total. The fourth-order valence-corrected chi connectivity index (χ4v) is 4.82. The Labute approximate surface area is 203 Å². The second kappa shape index (κ2) is 12.7. The summed E-state index contributed by atoms with van der Waals surface area (Å²) in [5.74, 6) is 1.87. The highest BCUT2D eigenvalue weighted by Gasteiger charge is 2.25. The molecular weight excluding hydrogens is 436 g/mol. The van der Waals surface area contributed by atoms with E-state index in [-0.39, 0.29) is 11.9 Å². The summed E-state index contributed by atoms with van der Waals surface area (Å²) in [6.07, 6.45) is 5.73. The molecule has 0 bridgehead atoms. The molecule has 9 heteroatoms. The molecule has 3 rings (SSSR count). The van der Waals surface area contributed by atoms with E-state index in [1.165, 1.54) is 47.3 Å². The van der Waals surface area contributed by atoms with E-state index in [0.717, 1.165) is 25.8 Å². The first-order valence-electron chi connectivity index (χ1n) is 12.3. The van der Waals surface area contributed by atoms with Crippen molar-refractivity contribution in [2.45, 2.75) is 51.5 Å². The lowest BCUT2D eigenvalue weighted by Gasteiger charge is -2.32. The zero-order valence-electron chi connectivity index (χ0n) is 21.0. The predicted octanol–water partition coefficient (Wildman–Crippen LogP) is 3.34. The molecule has 2 fully saturated rings. The fourth-order valence-electron chi connectivity index (χ4n) is 4.82. The minimum absolute atomic E-state index is 0.119. The number of carbonyl (C=O) groups excluding carboxylic acids is 2. The van der Waals surface area contributed by atoms with Crippen molar-refractivity contribution in [1.82, 2.24) is 15.1 Å². The number of rotatable bonds is 10. The van der Waals surface area contributed by atoms with Gasteiger partial charge in [0.1, 0.15) is 0 Å². The van der Waals surface area contributed by atoms with Gasteiger partial charge in [-0.2, -0.15) is 0 Å². The molecule has 190 valence electrons. The van der Waals surface area contributed by atoms with Gasteiger partial charge in [0, 0.05) is 44.2 Å². The molecule has 34 heavy (non-hydrogen) atoms. The lowest BCUT2D eigenvalue weighted by molar-refractivity contribution is -0.122. The number of hydrogen-bond donors (Lipinski definition) is 2. The summed E-state index contributed by atoms with van der Waals surface area (Å²) in [6.45, 7) is 6.59. The van der Waals surface area contributed by atoms with E-state index in [1.807, 2.05) is 0 Å². The van der Waals surface area contributed by atoms with Crippen LogP contribution in [0.15, 0.2) is 12.1 Å². The van der Waals surface area contributed by atoms with Gasteiger partial charge >= 0.3 is 6.03 Å². The minimum Gasteiger partial charge on any atom is -0.493 e. The fraction of sp³-hybridized carbons (Fsp3) is 0.680. The molecule has 2 heterocycles. The van der Waals surface area contributed by atoms with E-state index in [1.54, 1.807) is 17.0 Å². The van der Waals surface area contributed by atoms with Crippen LogP contribution in [0.2, 0.25) is 0 Å². The molecule has 2 aliphatic heterocycles. The first-order chi connectivity index (χ1) is 16.4. The first-order valence-corrected chi connectivity index (χ1v) is 12.3. The van der Waals surface area contributed by atoms with Crippen LogP contribution < -0.4 is 24.8 Å². The maximum absolute atomic E-state index is 12.8. The minimum atomic E-state index is -0.173. The maximum atomic E-state index is 12.8. The molecule has 2 aliphatic rings. The van der Waals surface area contributed by atoms with Crippen molar-refractivity contribution in [3.63, 3.8) is 0 Å². The second-order valence-corrected chi connectivity index (χ2v) is 9.21. The van der Waals surface area contributed by atoms with Crippen molar-refractivity contribution in [3.8, 4) is 17.2 Å². The number of amides is 3. The molecule has 2 N–H and O–H groups in total. The SMILES string of the molecule is COc1cc(NC(=O)N2CCC(CC(=O)NCCC(C)N3CCCC3)CC2)cc(OC)c1OC. The van der Waals surface area contributed by atoms with E-state index >= 15 is 0 Å². The summed E-state index contributed by atoms with van der Waals surface area (Å²) in [5, 5.41) is 6.01. The number of benzene rings is 1. The number of likely N-dealkylation sites (tertiary alicyclic amines) is 2. The zero-order valence-corrected chi connectivity index (χ0v) is 21.0. The van der Waals surface area contributed by atoms with E-state index in [9.17, 15) is 9.59 Å². The van der Waals surface area contributed by atoms with Gasteiger partial charge in [-0.1, -0.05) is 0 Å². The number of ether oxygens (including phenoxy) is 3. The highest BCUT2D eigenvalue weighted by atomic mass is 16.5. The highest BCUT2D eigenvalue weighted by Crippen LogP contribution is 2.40. The van der Waals surface area contributed by atoms with Crippen LogP contribution in [-0.2, 0) is 4.79 Å². The molecule has 0 aliphatic carbocycles. The van der Waals surface area contributed by atoms with E-state index < -0.39 is 0 Å². The molecule has 0 saturated carbocycles. The number of nitrogens with zero attached hydrogens (tertiary/aromatic N) is 2. The highest BCUT2D eigenvalue weighted by molar-refractivity contribution is 5.90. The van der Waals surface area contributed by atoms with Crippen molar-refractivity contribution in [1.29, 1.82) is 0 Å². The van der Waals surface area contributed by atoms with E-state index in [4.69, 9.17) is 14.2 Å². The van der Waals surface area contributed by atoms with E-state index in [0.29, 0.717) is 54.4 Å². The molecule has 1 unspecified atom stereocenters. The second-order valence-electron chi connectivity index (χ2n) is 9.21. The first kappa shape index (κ1) is 25.9. The Morgan fingerprint density at radius 3 is 2.18 bits per heavy atom. The number of nitrogens with one attached hydrogen (secondary N) is 2. The van der Waals surface area contributed by atoms with Crippen LogP contribution in [0.4, 0.5) is 10.5 Å². The van der Waals surface area contributed by atoms with E-state index in [2.05, 4.69) is 22.5 Å². The monoisotopic (exact) mass is 476 g/mol. The Kier molecular flexibility index (Phi) is 9.68. The van der Waals surface area contributed by atoms with Crippen LogP contribution in [-0.4, -0.2) is 81.8 Å². The van der Waals surface area contributed by atoms with Gasteiger partial charge in [0.05, 0.1) is 27.0 Å². The number of piperidine rings is 1. The standard InChI is InChI=1S/C25H40N4O5/c1-18(28-11-5-6-12-28)7-10-26-23(30)15-19-8-13-29(14-9-19)25(31)27-20-16-21(32-2)24(34-4)22(17-20)33-3/h16-19H,5-15H2,1-4H3,(H,26,30)(H,27,31). The number of urea groups is 1. The Morgan fingerprint density at radius 1 is 1.00 bits per heavy atom. The predicted molar refractivity (Wildman–Crippen MR) is 132 cm³/mol. The molecular formula is C25H40N4O5. The maximum Gasteiger partial charge on any atom is 0.321 e. The molecule has 3 amide bonds. The molecule has 2 saturated heterocycles. The average molecular weight is 477 g/mol. The Bertz CT molecular complexity index is 795. The van der Waals surface area contributed by atoms with Gasteiger partial charge in [0.15, 0.2) is 11.5 Å². The number of anilines is 1. The smallest absolute Gasteiger partial charge is 0.321 e. The van der Waals surface area contributed by atoms with Crippen molar-refractivity contribution in [3.05, 3.63) is 12.1 Å². The van der Waals surface area contributed by atoms with Crippen molar-refractivity contribution < 1.29 is 23.8 Å². The average Bonchev–Trinajstić information content (AvgIpc) is 3.39. The number of methoxy groups -OCH3 is 3. The summed E-state index contributed by atoms with van der Waals surface area (Å²) in [5.41, 5.74) is 0.573. The van der Waals surface area contributed by atoms with Gasteiger partial charge in [-0.25, -0.2) is 4.79 Å². The molecule has 1 aromatic carbocycles. The van der Waals surface area contributed by atoms with Gasteiger partial charge < -0.3 is 34.6 Å². The summed E-state index contributed by atoms with van der Waals surface area (Å²) in [6, 6.07) is 3.77. The Hall–Kier alpha value is -2.68. The van der Waals surface area contributed by atoms with Crippen LogP contribution in [0.3, 0.4) is 0 Å². The molecule has 0 spiro atoms. The molecule has 0 aromatic heterocycles. The van der Waals surface area contributed by atoms with Crippen molar-refractivity contribution in [2.75, 3.05) is 59.4 Å². The Morgan fingerprint density at radius 2 is 1.62 bits per heavy atom. The summed E-state index contributed by atoms with van der Waals surface area (Å²) in [7, 11) is 4.62. The third-order valence-corrected chi connectivity index (χ3v) is 6.94. The van der Waals surface area contributed by atoms with Crippen LogP contribution in [0, 0.1) is 5.92 Å². The van der Waals surface area contributed by atoms with Gasteiger partial charge in [-0.05, 0) is 58.0 Å². The van der Waals surface area contributed by atoms with Gasteiger partial charge in [-0.3, -0.25) is 4.79 Å². The lowest BCUT2D eigenvalue weighted by atomic mass is 9.93. The molecule has 1 atom stereocenters. The summed E-state index contributed by atoms with van der Waals surface area (Å²) >= 11 is 0.